The number of rotatable bonds is 23. The molecule has 1 saturated heterocycles. The first-order valence-electron chi connectivity index (χ1n) is 16.0. The van der Waals surface area contributed by atoms with Crippen molar-refractivity contribution >= 4 is 24.3 Å². The zero-order chi connectivity index (χ0) is 34.4. The molecule has 2 aromatic carbocycles. The zero-order valence-corrected chi connectivity index (χ0v) is 27.4. The Hall–Kier alpha value is -4.19. The summed E-state index contributed by atoms with van der Waals surface area (Å²) in [7, 11) is 0. The van der Waals surface area contributed by atoms with Crippen LogP contribution in [0.25, 0.3) is 6.08 Å². The van der Waals surface area contributed by atoms with Gasteiger partial charge in [0.1, 0.15) is 17.5 Å². The molecule has 0 aromatic heterocycles. The smallest absolute Gasteiger partial charge is 0.264 e. The number of aryl methyl sites for hydroxylation is 1. The second kappa shape index (κ2) is 22.4. The van der Waals surface area contributed by atoms with Crippen molar-refractivity contribution in [2.24, 2.45) is 5.92 Å². The lowest BCUT2D eigenvalue weighted by Crippen LogP contribution is -2.37. The molecule has 0 unspecified atom stereocenters. The normalized spacial score (nSPS) is 16.0. The number of ether oxygens (including phenoxy) is 5. The van der Waals surface area contributed by atoms with Crippen molar-refractivity contribution in [3.8, 4) is 6.07 Å². The van der Waals surface area contributed by atoms with E-state index in [1.807, 2.05) is 37.3 Å². The number of nitrogens with zero attached hydrogens (tertiary/aromatic N) is 2. The van der Waals surface area contributed by atoms with E-state index in [1.165, 1.54) is 35.2 Å². The van der Waals surface area contributed by atoms with Crippen LogP contribution in [0.5, 0.6) is 0 Å². The first-order chi connectivity index (χ1) is 23.4. The van der Waals surface area contributed by atoms with Gasteiger partial charge in [0.2, 0.25) is 12.3 Å². The molecule has 2 aromatic rings. The third-order valence-electron chi connectivity index (χ3n) is 7.45. The van der Waals surface area contributed by atoms with Crippen molar-refractivity contribution in [3.63, 3.8) is 0 Å². The van der Waals surface area contributed by atoms with Gasteiger partial charge in [0.25, 0.3) is 5.91 Å². The molecule has 3 rings (SSSR count). The molecule has 0 radical (unpaired) electrons. The van der Waals surface area contributed by atoms with Gasteiger partial charge in [-0.1, -0.05) is 42.0 Å². The molecular formula is C35H45FN4O8. The summed E-state index contributed by atoms with van der Waals surface area (Å²) in [5.41, 5.74) is 2.44. The highest BCUT2D eigenvalue weighted by atomic mass is 19.1. The van der Waals surface area contributed by atoms with Gasteiger partial charge in [-0.3, -0.25) is 14.4 Å². The van der Waals surface area contributed by atoms with Gasteiger partial charge in [0, 0.05) is 32.1 Å². The number of amides is 3. The van der Waals surface area contributed by atoms with Crippen LogP contribution in [0.15, 0.2) is 54.1 Å². The van der Waals surface area contributed by atoms with E-state index in [2.05, 4.69) is 10.6 Å². The van der Waals surface area contributed by atoms with E-state index in [0.29, 0.717) is 91.1 Å². The van der Waals surface area contributed by atoms with Crippen LogP contribution in [-0.2, 0) is 38.1 Å². The number of nitrogens with one attached hydrogen (secondary N) is 2. The molecule has 2 N–H and O–H groups in total. The number of likely N-dealkylation sites (tertiary alicyclic amines) is 1. The van der Waals surface area contributed by atoms with E-state index in [-0.39, 0.29) is 30.5 Å². The molecule has 0 spiro atoms. The number of carbonyl (C=O) groups is 3. The van der Waals surface area contributed by atoms with Crippen LogP contribution < -0.4 is 10.6 Å². The van der Waals surface area contributed by atoms with Crippen LogP contribution in [0.4, 0.5) is 4.39 Å². The van der Waals surface area contributed by atoms with Gasteiger partial charge >= 0.3 is 0 Å². The standard InChI is InChI=1S/C35H45FN4O8/c1-27-3-2-4-29(21-27)32-24-40(35(43)30(23-37)22-28-5-7-31(36)8-6-28)25-33(32)34(42)39-10-12-45-14-16-47-18-20-48-19-17-46-15-13-44-11-9-38-26-41/h2-8,21-22,26,32-33H,9-20,24-25H2,1H3,(H,38,41)(H,39,42)/b30-22+/t32-,33+/m0/s1. The zero-order valence-electron chi connectivity index (χ0n) is 27.4. The number of nitriles is 1. The fourth-order valence-corrected chi connectivity index (χ4v) is 5.06. The summed E-state index contributed by atoms with van der Waals surface area (Å²) in [5.74, 6) is -1.84. The summed E-state index contributed by atoms with van der Waals surface area (Å²) in [4.78, 5) is 38.4. The van der Waals surface area contributed by atoms with Gasteiger partial charge in [0.15, 0.2) is 0 Å². The van der Waals surface area contributed by atoms with E-state index in [0.717, 1.165) is 11.1 Å². The first-order valence-corrected chi connectivity index (χ1v) is 16.0. The molecule has 1 aliphatic rings. The topological polar surface area (TPSA) is 148 Å². The molecule has 3 amide bonds. The predicted octanol–water partition coefficient (Wildman–Crippen LogP) is 2.23. The molecule has 1 fully saturated rings. The third-order valence-corrected chi connectivity index (χ3v) is 7.45. The highest BCUT2D eigenvalue weighted by Gasteiger charge is 2.41. The van der Waals surface area contributed by atoms with Gasteiger partial charge < -0.3 is 39.2 Å². The molecular weight excluding hydrogens is 623 g/mol. The lowest BCUT2D eigenvalue weighted by atomic mass is 9.87. The molecule has 12 nitrogen and oxygen atoms in total. The van der Waals surface area contributed by atoms with Crippen molar-refractivity contribution < 1.29 is 42.5 Å². The minimum atomic E-state index is -0.514. The van der Waals surface area contributed by atoms with Crippen LogP contribution in [0, 0.1) is 30.0 Å². The number of carbonyl (C=O) groups excluding carboxylic acids is 3. The maximum Gasteiger partial charge on any atom is 0.264 e. The Kier molecular flexibility index (Phi) is 17.8. The van der Waals surface area contributed by atoms with Crippen molar-refractivity contribution in [2.75, 3.05) is 92.2 Å². The van der Waals surface area contributed by atoms with Crippen LogP contribution in [0.3, 0.4) is 0 Å². The average Bonchev–Trinajstić information content (AvgIpc) is 3.54. The molecule has 260 valence electrons. The Balaban J connectivity index is 1.34. The average molecular weight is 669 g/mol. The van der Waals surface area contributed by atoms with Gasteiger partial charge in [-0.05, 0) is 36.3 Å². The summed E-state index contributed by atoms with van der Waals surface area (Å²) in [5, 5.41) is 15.2. The summed E-state index contributed by atoms with van der Waals surface area (Å²) >= 11 is 0. The van der Waals surface area contributed by atoms with Gasteiger partial charge in [-0.25, -0.2) is 4.39 Å². The SMILES string of the molecule is Cc1cccc([C@@H]2CN(C(=O)/C(C#N)=C/c3ccc(F)cc3)C[C@H]2C(=O)NCCOCCOCCOCCOCCOCCNC=O)c1. The molecule has 2 atom stereocenters. The van der Waals surface area contributed by atoms with E-state index < -0.39 is 17.6 Å². The maximum absolute atomic E-state index is 13.4. The van der Waals surface area contributed by atoms with Crippen LogP contribution in [0.1, 0.15) is 22.6 Å². The van der Waals surface area contributed by atoms with Crippen molar-refractivity contribution in [2.45, 2.75) is 12.8 Å². The van der Waals surface area contributed by atoms with Crippen LogP contribution >= 0.6 is 0 Å². The first kappa shape index (κ1) is 38.3. The number of hydrogen-bond acceptors (Lipinski definition) is 9. The largest absolute Gasteiger partial charge is 0.377 e. The van der Waals surface area contributed by atoms with Crippen molar-refractivity contribution in [1.29, 1.82) is 5.26 Å². The minimum absolute atomic E-state index is 0.0822. The quantitative estimate of drug-likeness (QED) is 0.0787. The second-order valence-corrected chi connectivity index (χ2v) is 11.0. The lowest BCUT2D eigenvalue weighted by Gasteiger charge is -2.18. The second-order valence-electron chi connectivity index (χ2n) is 11.0. The van der Waals surface area contributed by atoms with Gasteiger partial charge in [0.05, 0.1) is 72.0 Å². The molecule has 0 bridgehead atoms. The Morgan fingerprint density at radius 3 is 2.02 bits per heavy atom. The molecule has 48 heavy (non-hydrogen) atoms. The molecule has 1 heterocycles. The highest BCUT2D eigenvalue weighted by molar-refractivity contribution is 6.02. The fraction of sp³-hybridized carbons (Fsp3) is 0.486. The van der Waals surface area contributed by atoms with Gasteiger partial charge in [-0.2, -0.15) is 5.26 Å². The Labute approximate surface area is 281 Å². The number of benzene rings is 2. The molecule has 0 aliphatic carbocycles. The summed E-state index contributed by atoms with van der Waals surface area (Å²) < 4.78 is 40.5. The minimum Gasteiger partial charge on any atom is -0.377 e. The predicted molar refractivity (Wildman–Crippen MR) is 175 cm³/mol. The van der Waals surface area contributed by atoms with Gasteiger partial charge in [-0.15, -0.1) is 0 Å². The number of hydrogen-bond donors (Lipinski definition) is 2. The van der Waals surface area contributed by atoms with E-state index in [9.17, 15) is 24.0 Å². The summed E-state index contributed by atoms with van der Waals surface area (Å²) in [6.45, 7) is 7.28. The monoisotopic (exact) mass is 668 g/mol. The highest BCUT2D eigenvalue weighted by Crippen LogP contribution is 2.34. The molecule has 1 aliphatic heterocycles. The van der Waals surface area contributed by atoms with Crippen LogP contribution in [0.2, 0.25) is 0 Å². The third kappa shape index (κ3) is 13.9. The van der Waals surface area contributed by atoms with Crippen molar-refractivity contribution in [1.82, 2.24) is 15.5 Å². The summed E-state index contributed by atoms with van der Waals surface area (Å²) in [6.07, 6.45) is 2.06. The van der Waals surface area contributed by atoms with Crippen molar-refractivity contribution in [3.05, 3.63) is 76.6 Å². The van der Waals surface area contributed by atoms with E-state index in [4.69, 9.17) is 23.7 Å². The molecule has 13 heteroatoms. The van der Waals surface area contributed by atoms with E-state index >= 15 is 0 Å². The lowest BCUT2D eigenvalue weighted by molar-refractivity contribution is -0.127. The Bertz CT molecular complexity index is 1350. The number of halogens is 1. The molecule has 0 saturated carbocycles. The Morgan fingerprint density at radius 2 is 1.46 bits per heavy atom. The maximum atomic E-state index is 13.4. The van der Waals surface area contributed by atoms with E-state index in [1.54, 1.807) is 0 Å². The fourth-order valence-electron chi connectivity index (χ4n) is 5.06. The Morgan fingerprint density at radius 1 is 0.875 bits per heavy atom. The summed E-state index contributed by atoms with van der Waals surface area (Å²) in [6, 6.07) is 15.3. The van der Waals surface area contributed by atoms with Crippen LogP contribution in [-0.4, -0.2) is 115 Å².